The number of aryl methyl sites for hydroxylation is 1. The highest BCUT2D eigenvalue weighted by Gasteiger charge is 2.39. The molecule has 1 saturated heterocycles. The number of amides is 2. The predicted molar refractivity (Wildman–Crippen MR) is 99.7 cm³/mol. The second-order valence-electron chi connectivity index (χ2n) is 5.78. The molecule has 6 heteroatoms. The van der Waals surface area contributed by atoms with Crippen LogP contribution in [0.15, 0.2) is 48.5 Å². The molecule has 25 heavy (non-hydrogen) atoms. The van der Waals surface area contributed by atoms with Crippen molar-refractivity contribution in [1.82, 2.24) is 4.90 Å². The maximum absolute atomic E-state index is 12.6. The number of thioether (sulfide) groups is 1. The van der Waals surface area contributed by atoms with E-state index >= 15 is 0 Å². The average Bonchev–Trinajstić information content (AvgIpc) is 2.86. The molecule has 3 rings (SSSR count). The van der Waals surface area contributed by atoms with Gasteiger partial charge in [0.1, 0.15) is 5.75 Å². The molecular weight excluding hydrogens is 336 g/mol. The molecule has 1 N–H and O–H groups in total. The van der Waals surface area contributed by atoms with Crippen molar-refractivity contribution in [1.29, 1.82) is 0 Å². The number of hydrogen-bond acceptors (Lipinski definition) is 5. The van der Waals surface area contributed by atoms with E-state index < -0.39 is 5.37 Å². The van der Waals surface area contributed by atoms with Gasteiger partial charge in [0.2, 0.25) is 0 Å². The number of nitrogens with one attached hydrogen (secondary N) is 1. The van der Waals surface area contributed by atoms with E-state index in [1.54, 1.807) is 0 Å². The lowest BCUT2D eigenvalue weighted by molar-refractivity contribution is -0.126. The van der Waals surface area contributed by atoms with Crippen LogP contribution in [0.5, 0.6) is 5.75 Å². The molecule has 1 aliphatic heterocycles. The van der Waals surface area contributed by atoms with Gasteiger partial charge in [-0.2, -0.15) is 0 Å². The fourth-order valence-electron chi connectivity index (χ4n) is 2.52. The Kier molecular flexibility index (Phi) is 5.28. The van der Waals surface area contributed by atoms with Gasteiger partial charge in [-0.1, -0.05) is 29.8 Å². The first-order valence-corrected chi connectivity index (χ1v) is 9.01. The lowest BCUT2D eigenvalue weighted by atomic mass is 10.1. The van der Waals surface area contributed by atoms with Crippen molar-refractivity contribution in [2.75, 3.05) is 11.9 Å². The molecule has 0 saturated carbocycles. The van der Waals surface area contributed by atoms with Crippen molar-refractivity contribution >= 4 is 28.6 Å². The predicted octanol–water partition coefficient (Wildman–Crippen LogP) is 4.03. The molecule has 0 aliphatic carbocycles. The van der Waals surface area contributed by atoms with Gasteiger partial charge in [-0.05, 0) is 55.4 Å². The van der Waals surface area contributed by atoms with E-state index in [-0.39, 0.29) is 11.1 Å². The standard InChI is InChI=1S/C19H20N2O3S/c1-3-24-16-10-8-15(9-11-16)20-17-18(22)21(19(23)25-17)12-14-6-4-13(2)5-7-14/h4-11,17,20H,3,12H2,1-2H3/t17-/m1/s1. The molecule has 2 aromatic carbocycles. The van der Waals surface area contributed by atoms with Crippen molar-refractivity contribution in [3.63, 3.8) is 0 Å². The van der Waals surface area contributed by atoms with E-state index in [4.69, 9.17) is 4.74 Å². The topological polar surface area (TPSA) is 58.6 Å². The van der Waals surface area contributed by atoms with Crippen LogP contribution >= 0.6 is 11.8 Å². The molecule has 2 amide bonds. The second kappa shape index (κ2) is 7.61. The van der Waals surface area contributed by atoms with Crippen LogP contribution < -0.4 is 10.1 Å². The van der Waals surface area contributed by atoms with Gasteiger partial charge in [-0.3, -0.25) is 14.5 Å². The molecule has 1 fully saturated rings. The molecule has 1 heterocycles. The zero-order valence-corrected chi connectivity index (χ0v) is 15.0. The maximum Gasteiger partial charge on any atom is 0.291 e. The minimum Gasteiger partial charge on any atom is -0.494 e. The van der Waals surface area contributed by atoms with Gasteiger partial charge in [-0.25, -0.2) is 0 Å². The average molecular weight is 356 g/mol. The molecule has 2 aromatic rings. The summed E-state index contributed by atoms with van der Waals surface area (Å²) in [4.78, 5) is 26.1. The largest absolute Gasteiger partial charge is 0.494 e. The molecule has 5 nitrogen and oxygen atoms in total. The van der Waals surface area contributed by atoms with Crippen LogP contribution in [0.4, 0.5) is 10.5 Å². The molecule has 1 atom stereocenters. The summed E-state index contributed by atoms with van der Waals surface area (Å²) >= 11 is 1.01. The van der Waals surface area contributed by atoms with Crippen LogP contribution in [0.2, 0.25) is 0 Å². The molecule has 1 aliphatic rings. The number of hydrogen-bond donors (Lipinski definition) is 1. The first-order valence-electron chi connectivity index (χ1n) is 8.14. The van der Waals surface area contributed by atoms with Crippen molar-refractivity contribution in [3.05, 3.63) is 59.7 Å². The number of carbonyl (C=O) groups is 2. The van der Waals surface area contributed by atoms with E-state index in [2.05, 4.69) is 5.32 Å². The minimum absolute atomic E-state index is 0.218. The zero-order chi connectivity index (χ0) is 17.8. The number of ether oxygens (including phenoxy) is 1. The Hall–Kier alpha value is -2.47. The minimum atomic E-state index is -0.601. The van der Waals surface area contributed by atoms with Gasteiger partial charge in [0.15, 0.2) is 5.37 Å². The highest BCUT2D eigenvalue weighted by Crippen LogP contribution is 2.30. The summed E-state index contributed by atoms with van der Waals surface area (Å²) in [5, 5.41) is 2.28. The van der Waals surface area contributed by atoms with Gasteiger partial charge >= 0.3 is 0 Å². The Morgan fingerprint density at radius 3 is 2.40 bits per heavy atom. The SMILES string of the molecule is CCOc1ccc(N[C@@H]2SC(=O)N(Cc3ccc(C)cc3)C2=O)cc1. The van der Waals surface area contributed by atoms with Crippen LogP contribution in [-0.4, -0.2) is 28.0 Å². The number of carbonyl (C=O) groups excluding carboxylic acids is 2. The highest BCUT2D eigenvalue weighted by atomic mass is 32.2. The summed E-state index contributed by atoms with van der Waals surface area (Å²) in [6, 6.07) is 15.2. The van der Waals surface area contributed by atoms with Gasteiger partial charge < -0.3 is 10.1 Å². The van der Waals surface area contributed by atoms with Crippen molar-refractivity contribution in [3.8, 4) is 5.75 Å². The van der Waals surface area contributed by atoms with Gasteiger partial charge in [0, 0.05) is 5.69 Å². The molecule has 0 unspecified atom stereocenters. The first-order chi connectivity index (χ1) is 12.1. The summed E-state index contributed by atoms with van der Waals surface area (Å²) in [5.41, 5.74) is 2.86. The third-order valence-corrected chi connectivity index (χ3v) is 4.83. The zero-order valence-electron chi connectivity index (χ0n) is 14.2. The number of benzene rings is 2. The van der Waals surface area contributed by atoms with Crippen molar-refractivity contribution in [2.45, 2.75) is 25.8 Å². The van der Waals surface area contributed by atoms with E-state index in [1.807, 2.05) is 62.4 Å². The number of rotatable bonds is 6. The summed E-state index contributed by atoms with van der Waals surface area (Å²) < 4.78 is 5.40. The Morgan fingerprint density at radius 2 is 1.76 bits per heavy atom. The number of imide groups is 1. The molecular formula is C19H20N2O3S. The van der Waals surface area contributed by atoms with E-state index in [9.17, 15) is 9.59 Å². The summed E-state index contributed by atoms with van der Waals surface area (Å²) in [6.45, 7) is 4.83. The maximum atomic E-state index is 12.6. The Balaban J connectivity index is 1.65. The monoisotopic (exact) mass is 356 g/mol. The van der Waals surface area contributed by atoms with Gasteiger partial charge in [-0.15, -0.1) is 0 Å². The van der Waals surface area contributed by atoms with E-state index in [0.717, 1.165) is 34.3 Å². The Bertz CT molecular complexity index is 759. The quantitative estimate of drug-likeness (QED) is 0.847. The normalized spacial score (nSPS) is 17.0. The summed E-state index contributed by atoms with van der Waals surface area (Å²) in [7, 11) is 0. The third kappa shape index (κ3) is 4.14. The fraction of sp³-hybridized carbons (Fsp3) is 0.263. The Morgan fingerprint density at radius 1 is 1.08 bits per heavy atom. The van der Waals surface area contributed by atoms with Gasteiger partial charge in [0.05, 0.1) is 13.2 Å². The summed E-state index contributed by atoms with van der Waals surface area (Å²) in [5.74, 6) is 0.556. The van der Waals surface area contributed by atoms with Crippen LogP contribution in [0, 0.1) is 6.92 Å². The first kappa shape index (κ1) is 17.4. The number of anilines is 1. The fourth-order valence-corrected chi connectivity index (χ4v) is 3.43. The van der Waals surface area contributed by atoms with Crippen LogP contribution in [0.25, 0.3) is 0 Å². The lowest BCUT2D eigenvalue weighted by Crippen LogP contribution is -2.33. The smallest absolute Gasteiger partial charge is 0.291 e. The van der Waals surface area contributed by atoms with Crippen molar-refractivity contribution < 1.29 is 14.3 Å². The van der Waals surface area contributed by atoms with Crippen LogP contribution in [-0.2, 0) is 11.3 Å². The molecule has 0 radical (unpaired) electrons. The van der Waals surface area contributed by atoms with E-state index in [1.165, 1.54) is 4.90 Å². The van der Waals surface area contributed by atoms with Crippen molar-refractivity contribution in [2.24, 2.45) is 0 Å². The molecule has 0 bridgehead atoms. The van der Waals surface area contributed by atoms with E-state index in [0.29, 0.717) is 13.2 Å². The molecule has 130 valence electrons. The molecule has 0 spiro atoms. The highest BCUT2D eigenvalue weighted by molar-refractivity contribution is 8.15. The number of nitrogens with zero attached hydrogens (tertiary/aromatic N) is 1. The third-order valence-electron chi connectivity index (χ3n) is 3.85. The van der Waals surface area contributed by atoms with Gasteiger partial charge in [0.25, 0.3) is 11.1 Å². The van der Waals surface area contributed by atoms with Crippen LogP contribution in [0.3, 0.4) is 0 Å². The second-order valence-corrected chi connectivity index (χ2v) is 6.83. The van der Waals surface area contributed by atoms with Crippen LogP contribution in [0.1, 0.15) is 18.1 Å². The molecule has 0 aromatic heterocycles. The lowest BCUT2D eigenvalue weighted by Gasteiger charge is -2.15. The summed E-state index contributed by atoms with van der Waals surface area (Å²) in [6.07, 6.45) is 0. The Labute approximate surface area is 151 Å².